The zero-order chi connectivity index (χ0) is 15.2. The van der Waals surface area contributed by atoms with Crippen molar-refractivity contribution in [3.05, 3.63) is 10.1 Å². The van der Waals surface area contributed by atoms with Crippen LogP contribution >= 0.6 is 23.2 Å². The van der Waals surface area contributed by atoms with Crippen molar-refractivity contribution in [3.8, 4) is 0 Å². The highest BCUT2D eigenvalue weighted by Crippen LogP contribution is 2.43. The van der Waals surface area contributed by atoms with Crippen LogP contribution in [0.4, 0.5) is 0 Å². The fourth-order valence-electron chi connectivity index (χ4n) is 1.75. The average molecular weight is 311 g/mol. The van der Waals surface area contributed by atoms with Crippen molar-refractivity contribution in [2.24, 2.45) is 11.3 Å². The molecule has 0 amide bonds. The van der Waals surface area contributed by atoms with Crippen molar-refractivity contribution in [1.82, 2.24) is 0 Å². The molecule has 0 aromatic rings. The Morgan fingerprint density at radius 3 is 1.63 bits per heavy atom. The van der Waals surface area contributed by atoms with Crippen molar-refractivity contribution in [2.45, 2.75) is 34.6 Å². The average Bonchev–Trinajstić information content (AvgIpc) is 2.29. The van der Waals surface area contributed by atoms with E-state index in [0.717, 1.165) is 0 Å². The standard InChI is InChI=1S/C13H20Cl2O4/c1-6-18-11(16)13(8(3)4,10(15)9(5)14)12(17)19-7-2/h8H,6-7H2,1-5H3/b10-9-. The molecule has 0 saturated carbocycles. The van der Waals surface area contributed by atoms with Crippen LogP contribution in [-0.2, 0) is 19.1 Å². The van der Waals surface area contributed by atoms with Crippen LogP contribution in [0.3, 0.4) is 0 Å². The van der Waals surface area contributed by atoms with E-state index in [1.165, 1.54) is 6.92 Å². The van der Waals surface area contributed by atoms with Crippen molar-refractivity contribution >= 4 is 35.1 Å². The van der Waals surface area contributed by atoms with Crippen LogP contribution in [0.2, 0.25) is 0 Å². The smallest absolute Gasteiger partial charge is 0.329 e. The minimum Gasteiger partial charge on any atom is -0.465 e. The second kappa shape index (κ2) is 7.75. The van der Waals surface area contributed by atoms with E-state index >= 15 is 0 Å². The first-order valence-electron chi connectivity index (χ1n) is 6.13. The Balaban J connectivity index is 5.98. The summed E-state index contributed by atoms with van der Waals surface area (Å²) in [4.78, 5) is 24.5. The summed E-state index contributed by atoms with van der Waals surface area (Å²) >= 11 is 12.0. The van der Waals surface area contributed by atoms with Gasteiger partial charge in [-0.1, -0.05) is 37.0 Å². The molecule has 4 nitrogen and oxygen atoms in total. The van der Waals surface area contributed by atoms with Gasteiger partial charge in [0, 0.05) is 5.03 Å². The largest absolute Gasteiger partial charge is 0.465 e. The third kappa shape index (κ3) is 3.63. The molecule has 0 saturated heterocycles. The Bertz CT molecular complexity index is 353. The van der Waals surface area contributed by atoms with Crippen LogP contribution in [-0.4, -0.2) is 25.2 Å². The number of ether oxygens (including phenoxy) is 2. The van der Waals surface area contributed by atoms with E-state index in [1.54, 1.807) is 27.7 Å². The lowest BCUT2D eigenvalue weighted by Crippen LogP contribution is -2.47. The summed E-state index contributed by atoms with van der Waals surface area (Å²) in [6.07, 6.45) is 0. The zero-order valence-electron chi connectivity index (χ0n) is 11.9. The predicted octanol–water partition coefficient (Wildman–Crippen LogP) is 3.46. The van der Waals surface area contributed by atoms with E-state index in [9.17, 15) is 9.59 Å². The summed E-state index contributed by atoms with van der Waals surface area (Å²) < 4.78 is 9.98. The molecule has 0 aromatic heterocycles. The molecule has 0 aliphatic rings. The Kier molecular flexibility index (Phi) is 7.45. The first-order valence-corrected chi connectivity index (χ1v) is 6.89. The molecular formula is C13H20Cl2O4. The molecule has 0 aromatic carbocycles. The van der Waals surface area contributed by atoms with E-state index in [0.29, 0.717) is 0 Å². The molecule has 0 spiro atoms. The van der Waals surface area contributed by atoms with Gasteiger partial charge in [0.25, 0.3) is 0 Å². The molecule has 0 radical (unpaired) electrons. The fourth-order valence-corrected chi connectivity index (χ4v) is 2.27. The highest BCUT2D eigenvalue weighted by molar-refractivity contribution is 6.42. The lowest BCUT2D eigenvalue weighted by atomic mass is 9.76. The molecule has 0 aliphatic heterocycles. The molecule has 0 aliphatic carbocycles. The lowest BCUT2D eigenvalue weighted by Gasteiger charge is -2.32. The minimum absolute atomic E-state index is 0.0546. The molecule has 6 heteroatoms. The summed E-state index contributed by atoms with van der Waals surface area (Å²) in [5.41, 5.74) is -1.71. The molecule has 110 valence electrons. The summed E-state index contributed by atoms with van der Waals surface area (Å²) in [5.74, 6) is -1.94. The number of allylic oxidation sites excluding steroid dienone is 1. The maximum atomic E-state index is 12.3. The second-order valence-corrected chi connectivity index (χ2v) is 5.20. The predicted molar refractivity (Wildman–Crippen MR) is 74.9 cm³/mol. The van der Waals surface area contributed by atoms with Gasteiger partial charge in [-0.3, -0.25) is 9.59 Å². The number of carbonyl (C=O) groups excluding carboxylic acids is 2. The maximum Gasteiger partial charge on any atom is 0.329 e. The summed E-state index contributed by atoms with van der Waals surface area (Å²) in [6.45, 7) is 8.47. The van der Waals surface area contributed by atoms with Crippen molar-refractivity contribution in [2.75, 3.05) is 13.2 Å². The molecule has 0 rings (SSSR count). The topological polar surface area (TPSA) is 52.6 Å². The van der Waals surface area contributed by atoms with Crippen molar-refractivity contribution < 1.29 is 19.1 Å². The second-order valence-electron chi connectivity index (χ2n) is 4.25. The monoisotopic (exact) mass is 310 g/mol. The van der Waals surface area contributed by atoms with Gasteiger partial charge in [0.2, 0.25) is 5.41 Å². The number of rotatable bonds is 6. The Morgan fingerprint density at radius 2 is 1.42 bits per heavy atom. The molecule has 0 atom stereocenters. The summed E-state index contributed by atoms with van der Waals surface area (Å²) in [6, 6.07) is 0. The molecule has 19 heavy (non-hydrogen) atoms. The number of carbonyl (C=O) groups is 2. The van der Waals surface area contributed by atoms with E-state index in [2.05, 4.69) is 0 Å². The zero-order valence-corrected chi connectivity index (χ0v) is 13.4. The van der Waals surface area contributed by atoms with E-state index in [4.69, 9.17) is 32.7 Å². The van der Waals surface area contributed by atoms with E-state index in [-0.39, 0.29) is 23.3 Å². The van der Waals surface area contributed by atoms with Crippen LogP contribution in [0.25, 0.3) is 0 Å². The Hall–Kier alpha value is -0.740. The van der Waals surface area contributed by atoms with E-state index < -0.39 is 23.3 Å². The summed E-state index contributed by atoms with van der Waals surface area (Å²) in [7, 11) is 0. The van der Waals surface area contributed by atoms with E-state index in [1.807, 2.05) is 0 Å². The van der Waals surface area contributed by atoms with Gasteiger partial charge in [0.05, 0.1) is 18.2 Å². The van der Waals surface area contributed by atoms with Crippen molar-refractivity contribution in [3.63, 3.8) is 0 Å². The molecule has 0 unspecified atom stereocenters. The summed E-state index contributed by atoms with van der Waals surface area (Å²) in [5, 5.41) is 0.109. The molecule has 0 N–H and O–H groups in total. The van der Waals surface area contributed by atoms with Gasteiger partial charge < -0.3 is 9.47 Å². The quantitative estimate of drug-likeness (QED) is 0.557. The molecular weight excluding hydrogens is 291 g/mol. The Morgan fingerprint density at radius 1 is 1.05 bits per heavy atom. The van der Waals surface area contributed by atoms with Gasteiger partial charge >= 0.3 is 11.9 Å². The number of hydrogen-bond donors (Lipinski definition) is 0. The first kappa shape index (κ1) is 18.3. The SMILES string of the molecule is CCOC(=O)C(C(=O)OCC)(/C(Cl)=C(\C)Cl)C(C)C. The minimum atomic E-state index is -1.71. The third-order valence-corrected chi connectivity index (χ3v) is 3.58. The van der Waals surface area contributed by atoms with Gasteiger partial charge in [-0.15, -0.1) is 0 Å². The number of hydrogen-bond acceptors (Lipinski definition) is 4. The Labute approximate surface area is 124 Å². The highest BCUT2D eigenvalue weighted by atomic mass is 35.5. The fraction of sp³-hybridized carbons (Fsp3) is 0.692. The van der Waals surface area contributed by atoms with Crippen LogP contribution in [0.15, 0.2) is 10.1 Å². The number of esters is 2. The van der Waals surface area contributed by atoms with Gasteiger partial charge in [-0.25, -0.2) is 0 Å². The van der Waals surface area contributed by atoms with Crippen molar-refractivity contribution in [1.29, 1.82) is 0 Å². The highest BCUT2D eigenvalue weighted by Gasteiger charge is 2.55. The normalized spacial score (nSPS) is 13.1. The third-order valence-electron chi connectivity index (χ3n) is 2.71. The van der Waals surface area contributed by atoms with Crippen LogP contribution in [0.5, 0.6) is 0 Å². The van der Waals surface area contributed by atoms with Gasteiger partial charge in [0.1, 0.15) is 0 Å². The van der Waals surface area contributed by atoms with Crippen LogP contribution in [0, 0.1) is 11.3 Å². The van der Waals surface area contributed by atoms with Crippen LogP contribution in [0.1, 0.15) is 34.6 Å². The van der Waals surface area contributed by atoms with Crippen LogP contribution < -0.4 is 0 Å². The number of halogens is 2. The molecule has 0 heterocycles. The van der Waals surface area contributed by atoms with Gasteiger partial charge in [-0.2, -0.15) is 0 Å². The molecule has 0 fully saturated rings. The molecule has 0 bridgehead atoms. The maximum absolute atomic E-state index is 12.3. The first-order chi connectivity index (χ1) is 8.76. The van der Waals surface area contributed by atoms with Gasteiger partial charge in [0.15, 0.2) is 0 Å². The van der Waals surface area contributed by atoms with Gasteiger partial charge in [-0.05, 0) is 26.7 Å². The lowest BCUT2D eigenvalue weighted by molar-refractivity contribution is -0.171.